The molecule has 0 bridgehead atoms. The van der Waals surface area contributed by atoms with Crippen molar-refractivity contribution in [2.24, 2.45) is 0 Å². The Kier molecular flexibility index (Phi) is 8.55. The fraction of sp³-hybridized carbons (Fsp3) is 0. The number of rotatable bonds is 6. The van der Waals surface area contributed by atoms with Gasteiger partial charge in [0.15, 0.2) is 5.82 Å². The minimum atomic E-state index is 0.701. The Morgan fingerprint density at radius 3 is 1.21 bits per heavy atom. The first-order valence-corrected chi connectivity index (χ1v) is 23.2. The molecule has 0 atom stereocenters. The van der Waals surface area contributed by atoms with Crippen molar-refractivity contribution in [3.05, 3.63) is 243 Å². The molecule has 0 aliphatic heterocycles. The predicted octanol–water partition coefficient (Wildman–Crippen LogP) is 16.8. The quantitative estimate of drug-likeness (QED) is 0.156. The summed E-state index contributed by atoms with van der Waals surface area (Å²) in [7, 11) is 0. The Bertz CT molecular complexity index is 4220. The summed E-state index contributed by atoms with van der Waals surface area (Å²) >= 11 is 0. The molecule has 0 aliphatic carbocycles. The highest BCUT2D eigenvalue weighted by atomic mass is 15.0. The van der Waals surface area contributed by atoms with Crippen LogP contribution >= 0.6 is 0 Å². The van der Waals surface area contributed by atoms with Crippen molar-refractivity contribution in [1.82, 2.24) is 19.1 Å². The van der Waals surface area contributed by atoms with Gasteiger partial charge >= 0.3 is 0 Å². The third kappa shape index (κ3) is 6.01. The largest absolute Gasteiger partial charge is 0.309 e. The lowest BCUT2D eigenvalue weighted by atomic mass is 9.94. The van der Waals surface area contributed by atoms with Gasteiger partial charge in [0.05, 0.1) is 33.5 Å². The molecule has 14 aromatic rings. The van der Waals surface area contributed by atoms with E-state index in [4.69, 9.17) is 9.97 Å². The molecule has 0 N–H and O–H groups in total. The monoisotopic (exact) mass is 864 g/mol. The van der Waals surface area contributed by atoms with Gasteiger partial charge in [0.2, 0.25) is 0 Å². The van der Waals surface area contributed by atoms with Crippen LogP contribution in [0, 0.1) is 0 Å². The molecule has 0 unspecified atom stereocenters. The first kappa shape index (κ1) is 38.2. The summed E-state index contributed by atoms with van der Waals surface area (Å²) in [5.74, 6) is 0.701. The van der Waals surface area contributed by atoms with Crippen molar-refractivity contribution in [1.29, 1.82) is 0 Å². The van der Waals surface area contributed by atoms with Crippen molar-refractivity contribution in [2.75, 3.05) is 0 Å². The summed E-state index contributed by atoms with van der Waals surface area (Å²) in [6.45, 7) is 0. The lowest BCUT2D eigenvalue weighted by Crippen LogP contribution is -1.98. The number of aromatic nitrogens is 4. The number of fused-ring (bicyclic) bond motifs is 12. The van der Waals surface area contributed by atoms with Gasteiger partial charge in [-0.25, -0.2) is 9.97 Å². The van der Waals surface area contributed by atoms with Gasteiger partial charge in [0.25, 0.3) is 0 Å². The summed E-state index contributed by atoms with van der Waals surface area (Å²) in [4.78, 5) is 10.2. The maximum atomic E-state index is 5.19. The van der Waals surface area contributed by atoms with E-state index in [1.165, 1.54) is 64.9 Å². The molecule has 11 aromatic carbocycles. The number of hydrogen-bond donors (Lipinski definition) is 0. The summed E-state index contributed by atoms with van der Waals surface area (Å²) in [5, 5.41) is 12.5. The summed E-state index contributed by atoms with van der Waals surface area (Å²) in [6, 6.07) is 87.6. The summed E-state index contributed by atoms with van der Waals surface area (Å²) in [6.07, 6.45) is 0. The van der Waals surface area contributed by atoms with Crippen LogP contribution in [0.4, 0.5) is 0 Å². The normalized spacial score (nSPS) is 11.8. The van der Waals surface area contributed by atoms with Gasteiger partial charge in [0, 0.05) is 49.6 Å². The number of benzene rings is 11. The van der Waals surface area contributed by atoms with E-state index in [1.54, 1.807) is 0 Å². The van der Waals surface area contributed by atoms with Crippen LogP contribution < -0.4 is 0 Å². The Balaban J connectivity index is 0.936. The molecule has 316 valence electrons. The highest BCUT2D eigenvalue weighted by molar-refractivity contribution is 6.25. The van der Waals surface area contributed by atoms with Crippen LogP contribution in [-0.2, 0) is 0 Å². The van der Waals surface area contributed by atoms with Crippen molar-refractivity contribution in [3.8, 4) is 56.4 Å². The van der Waals surface area contributed by atoms with Crippen LogP contribution in [0.15, 0.2) is 243 Å². The fourth-order valence-corrected chi connectivity index (χ4v) is 10.8. The van der Waals surface area contributed by atoms with E-state index in [-0.39, 0.29) is 0 Å². The molecule has 68 heavy (non-hydrogen) atoms. The van der Waals surface area contributed by atoms with Gasteiger partial charge in [-0.15, -0.1) is 0 Å². The Morgan fingerprint density at radius 1 is 0.221 bits per heavy atom. The van der Waals surface area contributed by atoms with Crippen molar-refractivity contribution in [2.45, 2.75) is 0 Å². The summed E-state index contributed by atoms with van der Waals surface area (Å²) in [5.41, 5.74) is 14.0. The maximum absolute atomic E-state index is 5.19. The summed E-state index contributed by atoms with van der Waals surface area (Å²) < 4.78 is 4.87. The van der Waals surface area contributed by atoms with Crippen LogP contribution in [0.25, 0.3) is 132 Å². The van der Waals surface area contributed by atoms with Gasteiger partial charge in [-0.05, 0) is 98.0 Å². The maximum Gasteiger partial charge on any atom is 0.160 e. The number of nitrogens with zero attached hydrogens (tertiary/aromatic N) is 4. The van der Waals surface area contributed by atoms with E-state index in [0.29, 0.717) is 5.82 Å². The molecule has 0 aliphatic rings. The van der Waals surface area contributed by atoms with E-state index >= 15 is 0 Å². The van der Waals surface area contributed by atoms with Crippen LogP contribution in [-0.4, -0.2) is 19.1 Å². The molecule has 14 rings (SSSR count). The molecule has 0 fully saturated rings. The molecule has 0 saturated heterocycles. The molecule has 3 aromatic heterocycles. The van der Waals surface area contributed by atoms with Gasteiger partial charge in [0.1, 0.15) is 0 Å². The van der Waals surface area contributed by atoms with Crippen LogP contribution in [0.1, 0.15) is 0 Å². The van der Waals surface area contributed by atoms with E-state index in [2.05, 4.69) is 228 Å². The van der Waals surface area contributed by atoms with Crippen molar-refractivity contribution < 1.29 is 0 Å². The second kappa shape index (κ2) is 15.2. The van der Waals surface area contributed by atoms with Gasteiger partial charge in [-0.1, -0.05) is 188 Å². The fourth-order valence-electron chi connectivity index (χ4n) is 10.8. The second-order valence-electron chi connectivity index (χ2n) is 17.7. The molecular formula is C64H40N4. The molecule has 3 heterocycles. The highest BCUT2D eigenvalue weighted by Crippen LogP contribution is 2.41. The third-order valence-electron chi connectivity index (χ3n) is 13.9. The van der Waals surface area contributed by atoms with Gasteiger partial charge < -0.3 is 9.13 Å². The Morgan fingerprint density at radius 2 is 0.632 bits per heavy atom. The molecule has 4 nitrogen and oxygen atoms in total. The molecule has 0 saturated carbocycles. The van der Waals surface area contributed by atoms with Gasteiger partial charge in [-0.2, -0.15) is 0 Å². The zero-order chi connectivity index (χ0) is 44.7. The van der Waals surface area contributed by atoms with Crippen LogP contribution in [0.3, 0.4) is 0 Å². The van der Waals surface area contributed by atoms with E-state index in [9.17, 15) is 0 Å². The first-order chi connectivity index (χ1) is 33.7. The Hall–Kier alpha value is -9.12. The lowest BCUT2D eigenvalue weighted by molar-refractivity contribution is 1.16. The standard InChI is InChI=1S/C64H40N4/c1-3-16-41(17-4-1)58-40-59(66-64(65-58)42-18-5-2-6-19-42)45-20-15-21-46(36-45)67-60-28-13-11-26-53(60)55-33-30-43(37-62(55)67)44-31-34-56-54-27-12-14-29-61(54)68(63(56)38-44)47-32-35-52-50-24-8-7-22-48(50)49-23-9-10-25-51(49)57(52)39-47/h1-40H. The first-order valence-electron chi connectivity index (χ1n) is 23.2. The van der Waals surface area contributed by atoms with E-state index in [1.807, 2.05) is 24.3 Å². The van der Waals surface area contributed by atoms with Crippen molar-refractivity contribution >= 4 is 75.9 Å². The van der Waals surface area contributed by atoms with Crippen LogP contribution in [0.2, 0.25) is 0 Å². The molecule has 0 radical (unpaired) electrons. The zero-order valence-electron chi connectivity index (χ0n) is 36.9. The Labute approximate surface area is 392 Å². The van der Waals surface area contributed by atoms with E-state index in [0.717, 1.165) is 61.6 Å². The number of hydrogen-bond acceptors (Lipinski definition) is 2. The number of para-hydroxylation sites is 2. The SMILES string of the molecule is c1ccc(-c2cc(-c3cccc(-n4c5ccccc5c5ccc(-c6ccc7c8ccccc8n(-c8ccc9c%10ccccc%10c%10ccccc%10c9c8)c7c6)cc54)c3)nc(-c3ccccc3)n2)cc1. The second-order valence-corrected chi connectivity index (χ2v) is 17.7. The molecular weight excluding hydrogens is 825 g/mol. The zero-order valence-corrected chi connectivity index (χ0v) is 36.9. The van der Waals surface area contributed by atoms with E-state index < -0.39 is 0 Å². The average molecular weight is 865 g/mol. The molecule has 4 heteroatoms. The predicted molar refractivity (Wildman–Crippen MR) is 285 cm³/mol. The molecule has 0 spiro atoms. The smallest absolute Gasteiger partial charge is 0.160 e. The minimum absolute atomic E-state index is 0.701. The topological polar surface area (TPSA) is 35.6 Å². The molecule has 0 amide bonds. The lowest BCUT2D eigenvalue weighted by Gasteiger charge is -2.14. The average Bonchev–Trinajstić information content (AvgIpc) is 3.93. The van der Waals surface area contributed by atoms with Crippen LogP contribution in [0.5, 0.6) is 0 Å². The van der Waals surface area contributed by atoms with Gasteiger partial charge in [-0.3, -0.25) is 0 Å². The van der Waals surface area contributed by atoms with Crippen molar-refractivity contribution in [3.63, 3.8) is 0 Å². The highest BCUT2D eigenvalue weighted by Gasteiger charge is 2.19. The third-order valence-corrected chi connectivity index (χ3v) is 13.9. The minimum Gasteiger partial charge on any atom is -0.309 e.